The Balaban J connectivity index is 2.63. The number of nitrogens with zero attached hydrogens (tertiary/aromatic N) is 2. The molecule has 0 unspecified atom stereocenters. The Hall–Kier alpha value is -0.0600. The van der Waals surface area contributed by atoms with E-state index >= 15 is 0 Å². The van der Waals surface area contributed by atoms with Gasteiger partial charge in [-0.2, -0.15) is 5.10 Å². The van der Waals surface area contributed by atoms with Crippen molar-refractivity contribution in [1.29, 1.82) is 0 Å². The van der Waals surface area contributed by atoms with Gasteiger partial charge in [-0.15, -0.1) is 0 Å². The van der Waals surface area contributed by atoms with Gasteiger partial charge in [0.25, 0.3) is 0 Å². The fourth-order valence-corrected chi connectivity index (χ4v) is 1.36. The molecule has 2 nitrogen and oxygen atoms in total. The average Bonchev–Trinajstić information content (AvgIpc) is 2.31. The van der Waals surface area contributed by atoms with E-state index in [1.54, 1.807) is 0 Å². The topological polar surface area (TPSA) is 17.8 Å². The molecule has 11 heavy (non-hydrogen) atoms. The van der Waals surface area contributed by atoms with Gasteiger partial charge in [-0.05, 0) is 35.9 Å². The lowest BCUT2D eigenvalue weighted by Gasteiger charge is -2.01. The molecule has 1 heterocycles. The van der Waals surface area contributed by atoms with Crippen LogP contribution in [0.4, 0.5) is 0 Å². The molecule has 3 heteroatoms. The quantitative estimate of drug-likeness (QED) is 0.767. The predicted octanol–water partition coefficient (Wildman–Crippen LogP) is 2.60. The molecular weight excluding hydrogens is 251 g/mol. The Kier molecular flexibility index (Phi) is 3.36. The first kappa shape index (κ1) is 9.03. The van der Waals surface area contributed by atoms with Crippen LogP contribution >= 0.6 is 22.6 Å². The van der Waals surface area contributed by atoms with Gasteiger partial charge in [0.15, 0.2) is 0 Å². The van der Waals surface area contributed by atoms with Crippen LogP contribution in [0.3, 0.4) is 0 Å². The molecule has 0 bridgehead atoms. The van der Waals surface area contributed by atoms with Crippen molar-refractivity contribution in [2.24, 2.45) is 0 Å². The Morgan fingerprint density at radius 1 is 1.64 bits per heavy atom. The summed E-state index contributed by atoms with van der Waals surface area (Å²) in [5.41, 5.74) is 1.29. The smallest absolute Gasteiger partial charge is 0.0626 e. The van der Waals surface area contributed by atoms with Gasteiger partial charge in [-0.25, -0.2) is 0 Å². The third-order valence-corrected chi connectivity index (χ3v) is 2.83. The SMILES string of the molecule is CCCCn1ncc(I)c1C. The molecular formula is C8H13IN2. The van der Waals surface area contributed by atoms with Crippen molar-refractivity contribution >= 4 is 22.6 Å². The van der Waals surface area contributed by atoms with E-state index < -0.39 is 0 Å². The van der Waals surface area contributed by atoms with Crippen LogP contribution in [0.1, 0.15) is 25.5 Å². The molecule has 0 aliphatic heterocycles. The van der Waals surface area contributed by atoms with Gasteiger partial charge >= 0.3 is 0 Å². The molecule has 0 spiro atoms. The van der Waals surface area contributed by atoms with Crippen LogP contribution < -0.4 is 0 Å². The standard InChI is InChI=1S/C8H13IN2/c1-3-4-5-11-7(2)8(9)6-10-11/h6H,3-5H2,1-2H3. The van der Waals surface area contributed by atoms with Crippen molar-refractivity contribution in [3.05, 3.63) is 15.5 Å². The lowest BCUT2D eigenvalue weighted by Crippen LogP contribution is -2.01. The van der Waals surface area contributed by atoms with Gasteiger partial charge < -0.3 is 0 Å². The van der Waals surface area contributed by atoms with Gasteiger partial charge in [0, 0.05) is 12.2 Å². The van der Waals surface area contributed by atoms with E-state index in [-0.39, 0.29) is 0 Å². The number of halogens is 1. The van der Waals surface area contributed by atoms with Crippen molar-refractivity contribution in [3.63, 3.8) is 0 Å². The third kappa shape index (κ3) is 2.18. The molecule has 0 aromatic carbocycles. The zero-order valence-electron chi connectivity index (χ0n) is 6.97. The van der Waals surface area contributed by atoms with Crippen molar-refractivity contribution < 1.29 is 0 Å². The number of aromatic nitrogens is 2. The number of hydrogen-bond acceptors (Lipinski definition) is 1. The van der Waals surface area contributed by atoms with E-state index in [0.29, 0.717) is 0 Å². The minimum Gasteiger partial charge on any atom is -0.269 e. The molecule has 1 rings (SSSR count). The normalized spacial score (nSPS) is 10.5. The lowest BCUT2D eigenvalue weighted by molar-refractivity contribution is 0.558. The summed E-state index contributed by atoms with van der Waals surface area (Å²) in [5.74, 6) is 0. The van der Waals surface area contributed by atoms with Crippen LogP contribution in [-0.2, 0) is 6.54 Å². The minimum absolute atomic E-state index is 1.06. The summed E-state index contributed by atoms with van der Waals surface area (Å²) < 4.78 is 3.34. The van der Waals surface area contributed by atoms with E-state index in [9.17, 15) is 0 Å². The van der Waals surface area contributed by atoms with Crippen LogP contribution in [0.5, 0.6) is 0 Å². The van der Waals surface area contributed by atoms with Crippen molar-refractivity contribution in [2.75, 3.05) is 0 Å². The zero-order chi connectivity index (χ0) is 8.27. The highest BCUT2D eigenvalue weighted by Gasteiger charge is 2.00. The molecule has 0 amide bonds. The molecule has 1 aromatic rings. The van der Waals surface area contributed by atoms with Crippen molar-refractivity contribution in [3.8, 4) is 0 Å². The first-order chi connectivity index (χ1) is 5.25. The zero-order valence-corrected chi connectivity index (χ0v) is 9.13. The van der Waals surface area contributed by atoms with Crippen LogP contribution in [0.2, 0.25) is 0 Å². The highest BCUT2D eigenvalue weighted by Crippen LogP contribution is 2.10. The summed E-state index contributed by atoms with van der Waals surface area (Å²) in [6, 6.07) is 0. The van der Waals surface area contributed by atoms with Crippen molar-refractivity contribution in [2.45, 2.75) is 33.2 Å². The molecule has 0 saturated carbocycles. The molecule has 0 aliphatic carbocycles. The van der Waals surface area contributed by atoms with Gasteiger partial charge in [-0.1, -0.05) is 13.3 Å². The molecule has 0 saturated heterocycles. The molecule has 0 atom stereocenters. The molecule has 0 radical (unpaired) electrons. The minimum atomic E-state index is 1.06. The third-order valence-electron chi connectivity index (χ3n) is 1.77. The maximum atomic E-state index is 4.26. The van der Waals surface area contributed by atoms with Crippen LogP contribution in [0.25, 0.3) is 0 Å². The first-order valence-corrected chi connectivity index (χ1v) is 5.01. The highest BCUT2D eigenvalue weighted by atomic mass is 127. The summed E-state index contributed by atoms with van der Waals surface area (Å²) in [6.07, 6.45) is 4.38. The number of rotatable bonds is 3. The predicted molar refractivity (Wildman–Crippen MR) is 54.6 cm³/mol. The second-order valence-corrected chi connectivity index (χ2v) is 3.82. The van der Waals surface area contributed by atoms with E-state index in [1.165, 1.54) is 22.1 Å². The lowest BCUT2D eigenvalue weighted by atomic mass is 10.3. The summed E-state index contributed by atoms with van der Waals surface area (Å²) >= 11 is 2.31. The first-order valence-electron chi connectivity index (χ1n) is 3.93. The molecule has 0 N–H and O–H groups in total. The maximum absolute atomic E-state index is 4.26. The van der Waals surface area contributed by atoms with E-state index in [0.717, 1.165) is 6.54 Å². The van der Waals surface area contributed by atoms with Crippen molar-refractivity contribution in [1.82, 2.24) is 9.78 Å². The van der Waals surface area contributed by atoms with Crippen LogP contribution in [0, 0.1) is 10.5 Å². The Labute approximate surface area is 81.1 Å². The summed E-state index contributed by atoms with van der Waals surface area (Å²) in [4.78, 5) is 0. The summed E-state index contributed by atoms with van der Waals surface area (Å²) in [5, 5.41) is 4.26. The average molecular weight is 264 g/mol. The van der Waals surface area contributed by atoms with Gasteiger partial charge in [0.05, 0.1) is 9.77 Å². The van der Waals surface area contributed by atoms with Crippen LogP contribution in [0.15, 0.2) is 6.20 Å². The molecule has 0 fully saturated rings. The second-order valence-electron chi connectivity index (χ2n) is 2.65. The summed E-state index contributed by atoms with van der Waals surface area (Å²) in [7, 11) is 0. The molecule has 62 valence electrons. The summed E-state index contributed by atoms with van der Waals surface area (Å²) in [6.45, 7) is 5.37. The van der Waals surface area contributed by atoms with E-state index in [2.05, 4.69) is 46.2 Å². The van der Waals surface area contributed by atoms with Gasteiger partial charge in [0.2, 0.25) is 0 Å². The maximum Gasteiger partial charge on any atom is 0.0626 e. The van der Waals surface area contributed by atoms with E-state index in [4.69, 9.17) is 0 Å². The monoisotopic (exact) mass is 264 g/mol. The number of unbranched alkanes of at least 4 members (excludes halogenated alkanes) is 1. The van der Waals surface area contributed by atoms with E-state index in [1.807, 2.05) is 6.20 Å². The number of hydrogen-bond donors (Lipinski definition) is 0. The van der Waals surface area contributed by atoms with Gasteiger partial charge in [0.1, 0.15) is 0 Å². The molecule has 0 aliphatic rings. The molecule has 1 aromatic heterocycles. The highest BCUT2D eigenvalue weighted by molar-refractivity contribution is 14.1. The second kappa shape index (κ2) is 4.09. The Bertz CT molecular complexity index is 230. The Morgan fingerprint density at radius 3 is 2.82 bits per heavy atom. The van der Waals surface area contributed by atoms with Crippen LogP contribution in [-0.4, -0.2) is 9.78 Å². The van der Waals surface area contributed by atoms with Gasteiger partial charge in [-0.3, -0.25) is 4.68 Å². The number of aryl methyl sites for hydroxylation is 1. The fraction of sp³-hybridized carbons (Fsp3) is 0.625. The largest absolute Gasteiger partial charge is 0.269 e. The Morgan fingerprint density at radius 2 is 2.36 bits per heavy atom. The fourth-order valence-electron chi connectivity index (χ4n) is 0.957.